The first-order valence-corrected chi connectivity index (χ1v) is 8.57. The summed E-state index contributed by atoms with van der Waals surface area (Å²) in [5, 5.41) is 0. The molecule has 3 nitrogen and oxygen atoms in total. The molecule has 0 radical (unpaired) electrons. The summed E-state index contributed by atoms with van der Waals surface area (Å²) in [4.78, 5) is 19.1. The van der Waals surface area contributed by atoms with E-state index >= 15 is 0 Å². The van der Waals surface area contributed by atoms with E-state index in [1.54, 1.807) is 17.4 Å². The molecule has 0 aliphatic carbocycles. The van der Waals surface area contributed by atoms with Crippen molar-refractivity contribution in [3.8, 4) is 0 Å². The van der Waals surface area contributed by atoms with Crippen molar-refractivity contribution in [3.05, 3.63) is 44.8 Å². The van der Waals surface area contributed by atoms with Crippen LogP contribution in [0.3, 0.4) is 0 Å². The van der Waals surface area contributed by atoms with Gasteiger partial charge in [0.15, 0.2) is 4.96 Å². The normalized spacial score (nSPS) is 13.3. The molecule has 0 aromatic carbocycles. The maximum Gasteiger partial charge on any atom is 0.258 e. The first-order chi connectivity index (χ1) is 10.1. The van der Waals surface area contributed by atoms with E-state index in [4.69, 9.17) is 0 Å². The minimum absolute atomic E-state index is 0.0629. The lowest BCUT2D eigenvalue weighted by atomic mass is 9.95. The molecular weight excluding hydrogens is 280 g/mol. The van der Waals surface area contributed by atoms with Crippen LogP contribution in [0, 0.1) is 6.92 Å². The molecule has 0 amide bonds. The molecule has 114 valence electrons. The van der Waals surface area contributed by atoms with Crippen molar-refractivity contribution in [1.29, 1.82) is 0 Å². The first-order valence-electron chi connectivity index (χ1n) is 7.75. The van der Waals surface area contributed by atoms with Gasteiger partial charge in [0, 0.05) is 28.2 Å². The van der Waals surface area contributed by atoms with E-state index in [2.05, 4.69) is 37.9 Å². The second-order valence-corrected chi connectivity index (χ2v) is 6.43. The maximum atomic E-state index is 12.4. The Hall–Kier alpha value is -1.42. The van der Waals surface area contributed by atoms with Crippen molar-refractivity contribution < 1.29 is 0 Å². The number of fused-ring (bicyclic) bond motifs is 1. The topological polar surface area (TPSA) is 34.4 Å². The van der Waals surface area contributed by atoms with Crippen molar-refractivity contribution in [2.24, 2.45) is 0 Å². The highest BCUT2D eigenvalue weighted by Gasteiger charge is 2.20. The van der Waals surface area contributed by atoms with Gasteiger partial charge in [0.05, 0.1) is 0 Å². The van der Waals surface area contributed by atoms with Gasteiger partial charge >= 0.3 is 0 Å². The van der Waals surface area contributed by atoms with E-state index in [1.165, 1.54) is 10.6 Å². The summed E-state index contributed by atoms with van der Waals surface area (Å²) in [6, 6.07) is 1.64. The number of allylic oxidation sites excluding steroid dienone is 2. The van der Waals surface area contributed by atoms with Crippen LogP contribution in [0.15, 0.2) is 23.0 Å². The van der Waals surface area contributed by atoms with E-state index in [-0.39, 0.29) is 5.56 Å². The highest BCUT2D eigenvalue weighted by atomic mass is 32.1. The molecule has 0 aliphatic rings. The Morgan fingerprint density at radius 3 is 2.81 bits per heavy atom. The van der Waals surface area contributed by atoms with Crippen LogP contribution >= 0.6 is 11.3 Å². The average molecular weight is 304 g/mol. The lowest BCUT2D eigenvalue weighted by Crippen LogP contribution is -2.18. The number of nitrogens with zero attached hydrogens (tertiary/aromatic N) is 2. The molecule has 1 atom stereocenters. The van der Waals surface area contributed by atoms with E-state index in [0.717, 1.165) is 36.3 Å². The van der Waals surface area contributed by atoms with Gasteiger partial charge in [-0.2, -0.15) is 0 Å². The van der Waals surface area contributed by atoms with Gasteiger partial charge in [-0.1, -0.05) is 26.0 Å². The zero-order valence-corrected chi connectivity index (χ0v) is 14.2. The van der Waals surface area contributed by atoms with Crippen LogP contribution in [0.1, 0.15) is 62.2 Å². The second kappa shape index (κ2) is 7.03. The molecule has 0 spiro atoms. The van der Waals surface area contributed by atoms with Crippen molar-refractivity contribution in [1.82, 2.24) is 9.38 Å². The smallest absolute Gasteiger partial charge is 0.258 e. The SMILES string of the molecule is CC=CCCC(CC)c1c(CC)sc2nc(C)cc(=O)n12. The number of aryl methyl sites for hydroxylation is 2. The third-order valence-electron chi connectivity index (χ3n) is 3.88. The fourth-order valence-electron chi connectivity index (χ4n) is 2.81. The minimum atomic E-state index is 0.0629. The van der Waals surface area contributed by atoms with Gasteiger partial charge < -0.3 is 0 Å². The minimum Gasteiger partial charge on any atom is -0.269 e. The van der Waals surface area contributed by atoms with Crippen LogP contribution in [0.4, 0.5) is 0 Å². The molecule has 4 heteroatoms. The van der Waals surface area contributed by atoms with Crippen LogP contribution in [0.2, 0.25) is 0 Å². The molecule has 2 heterocycles. The molecule has 2 rings (SSSR count). The molecule has 0 aliphatic heterocycles. The maximum absolute atomic E-state index is 12.4. The van der Waals surface area contributed by atoms with Gasteiger partial charge in [-0.05, 0) is 39.5 Å². The molecule has 21 heavy (non-hydrogen) atoms. The number of rotatable bonds is 6. The monoisotopic (exact) mass is 304 g/mol. The van der Waals surface area contributed by atoms with Crippen LogP contribution < -0.4 is 5.56 Å². The fraction of sp³-hybridized carbons (Fsp3) is 0.529. The summed E-state index contributed by atoms with van der Waals surface area (Å²) in [7, 11) is 0. The van der Waals surface area contributed by atoms with Crippen LogP contribution in [0.25, 0.3) is 4.96 Å². The average Bonchev–Trinajstić information content (AvgIpc) is 2.82. The Bertz CT molecular complexity index is 697. The Morgan fingerprint density at radius 2 is 2.19 bits per heavy atom. The fourth-order valence-corrected chi connectivity index (χ4v) is 4.01. The lowest BCUT2D eigenvalue weighted by Gasteiger charge is -2.15. The molecular formula is C17H24N2OS. The summed E-state index contributed by atoms with van der Waals surface area (Å²) < 4.78 is 1.85. The van der Waals surface area contributed by atoms with Gasteiger partial charge in [0.2, 0.25) is 0 Å². The van der Waals surface area contributed by atoms with E-state index in [9.17, 15) is 4.79 Å². The Kier molecular flexibility index (Phi) is 5.34. The van der Waals surface area contributed by atoms with Crippen LogP contribution in [0.5, 0.6) is 0 Å². The van der Waals surface area contributed by atoms with Crippen molar-refractivity contribution >= 4 is 16.3 Å². The summed E-state index contributed by atoms with van der Waals surface area (Å²) in [6.45, 7) is 8.30. The van der Waals surface area contributed by atoms with Crippen LogP contribution in [-0.4, -0.2) is 9.38 Å². The molecule has 0 bridgehead atoms. The third kappa shape index (κ3) is 3.26. The zero-order chi connectivity index (χ0) is 15.4. The van der Waals surface area contributed by atoms with Gasteiger partial charge in [-0.3, -0.25) is 9.20 Å². The van der Waals surface area contributed by atoms with Crippen molar-refractivity contribution in [3.63, 3.8) is 0 Å². The molecule has 0 fully saturated rings. The van der Waals surface area contributed by atoms with E-state index in [1.807, 2.05) is 11.3 Å². The van der Waals surface area contributed by atoms with Crippen LogP contribution in [-0.2, 0) is 6.42 Å². The second-order valence-electron chi connectivity index (χ2n) is 5.37. The molecule has 0 saturated heterocycles. The number of thiazole rings is 1. The lowest BCUT2D eigenvalue weighted by molar-refractivity contribution is 0.585. The molecule has 2 aromatic rings. The Labute approximate surface area is 130 Å². The summed E-state index contributed by atoms with van der Waals surface area (Å²) in [6.07, 6.45) is 8.45. The highest BCUT2D eigenvalue weighted by Crippen LogP contribution is 2.32. The largest absolute Gasteiger partial charge is 0.269 e. The van der Waals surface area contributed by atoms with Crippen molar-refractivity contribution in [2.45, 2.75) is 59.3 Å². The van der Waals surface area contributed by atoms with Crippen molar-refractivity contribution in [2.75, 3.05) is 0 Å². The van der Waals surface area contributed by atoms with E-state index < -0.39 is 0 Å². The summed E-state index contributed by atoms with van der Waals surface area (Å²) in [5.41, 5.74) is 2.06. The van der Waals surface area contributed by atoms with E-state index in [0.29, 0.717) is 5.92 Å². The van der Waals surface area contributed by atoms with Gasteiger partial charge in [0.25, 0.3) is 5.56 Å². The standard InChI is InChI=1S/C17H24N2OS/c1-5-8-9-10-13(6-2)16-14(7-3)21-17-18-12(4)11-15(20)19(16)17/h5,8,11,13H,6-7,9-10H2,1-4H3. The molecule has 1 unspecified atom stereocenters. The quantitative estimate of drug-likeness (QED) is 0.738. The first kappa shape index (κ1) is 16.0. The molecule has 2 aromatic heterocycles. The Balaban J connectivity index is 2.56. The number of aromatic nitrogens is 2. The predicted molar refractivity (Wildman–Crippen MR) is 90.5 cm³/mol. The van der Waals surface area contributed by atoms with Gasteiger partial charge in [-0.15, -0.1) is 11.3 Å². The number of hydrogen-bond acceptors (Lipinski definition) is 3. The molecule has 0 saturated carbocycles. The zero-order valence-electron chi connectivity index (χ0n) is 13.3. The summed E-state index contributed by atoms with van der Waals surface area (Å²) in [5.74, 6) is 0.423. The summed E-state index contributed by atoms with van der Waals surface area (Å²) >= 11 is 1.67. The predicted octanol–water partition coefficient (Wildman–Crippen LogP) is 4.48. The highest BCUT2D eigenvalue weighted by molar-refractivity contribution is 7.17. The molecule has 0 N–H and O–H groups in total. The third-order valence-corrected chi connectivity index (χ3v) is 5.08. The Morgan fingerprint density at radius 1 is 1.43 bits per heavy atom. The van der Waals surface area contributed by atoms with Gasteiger partial charge in [0.1, 0.15) is 0 Å². The number of hydrogen-bond donors (Lipinski definition) is 0. The van der Waals surface area contributed by atoms with Gasteiger partial charge in [-0.25, -0.2) is 4.98 Å².